The lowest BCUT2D eigenvalue weighted by Gasteiger charge is -2.37. The molecule has 0 atom stereocenters. The number of hydrogen-bond acceptors (Lipinski definition) is 5. The molecule has 4 N–H and O–H groups in total. The minimum atomic E-state index is -0.654. The molecule has 0 radical (unpaired) electrons. The maximum Gasteiger partial charge on any atom is 0.268 e. The molecule has 3 heterocycles. The zero-order chi connectivity index (χ0) is 20.1. The molecule has 1 saturated heterocycles. The molecule has 1 fully saturated rings. The molecule has 1 aromatic carbocycles. The van der Waals surface area contributed by atoms with E-state index in [9.17, 15) is 4.79 Å². The second-order valence-corrected chi connectivity index (χ2v) is 8.15. The van der Waals surface area contributed by atoms with E-state index in [1.165, 1.54) is 0 Å². The third kappa shape index (κ3) is 3.19. The van der Waals surface area contributed by atoms with Crippen LogP contribution in [0.5, 0.6) is 0 Å². The molecular weight excluding hydrogens is 399 g/mol. The Bertz CT molecular complexity index is 1070. The molecule has 0 saturated carbocycles. The Hall–Kier alpha value is -2.35. The van der Waals surface area contributed by atoms with Gasteiger partial charge >= 0.3 is 0 Å². The normalized spacial score (nSPS) is 16.5. The first-order valence-electron chi connectivity index (χ1n) is 8.93. The number of carbonyl (C=O) groups is 1. The van der Waals surface area contributed by atoms with Gasteiger partial charge in [0.2, 0.25) is 5.95 Å². The molecule has 1 aliphatic heterocycles. The summed E-state index contributed by atoms with van der Waals surface area (Å²) < 4.78 is 1.85. The number of halogens is 2. The van der Waals surface area contributed by atoms with Crippen LogP contribution in [0.25, 0.3) is 16.8 Å². The van der Waals surface area contributed by atoms with Gasteiger partial charge in [0.05, 0.1) is 15.6 Å². The van der Waals surface area contributed by atoms with Crippen molar-refractivity contribution in [2.45, 2.75) is 25.3 Å². The van der Waals surface area contributed by atoms with E-state index in [0.717, 1.165) is 25.9 Å². The van der Waals surface area contributed by atoms with E-state index < -0.39 is 5.91 Å². The lowest BCUT2D eigenvalue weighted by atomic mass is 9.91. The van der Waals surface area contributed by atoms with Gasteiger partial charge in [-0.25, -0.2) is 9.97 Å². The number of amides is 1. The van der Waals surface area contributed by atoms with E-state index in [1.807, 2.05) is 11.3 Å². The minimum absolute atomic E-state index is 0.110. The zero-order valence-corrected chi connectivity index (χ0v) is 16.8. The van der Waals surface area contributed by atoms with Gasteiger partial charge in [0, 0.05) is 36.6 Å². The van der Waals surface area contributed by atoms with E-state index in [4.69, 9.17) is 34.7 Å². The molecule has 1 aliphatic rings. The Morgan fingerprint density at radius 2 is 1.96 bits per heavy atom. The summed E-state index contributed by atoms with van der Waals surface area (Å²) >= 11 is 12.6. The first-order valence-corrected chi connectivity index (χ1v) is 9.69. The van der Waals surface area contributed by atoms with Crippen LogP contribution >= 0.6 is 23.2 Å². The van der Waals surface area contributed by atoms with Gasteiger partial charge in [-0.05, 0) is 25.8 Å². The number of fused-ring (bicyclic) bond motifs is 1. The number of primary amides is 1. The van der Waals surface area contributed by atoms with Crippen molar-refractivity contribution in [3.63, 3.8) is 0 Å². The average Bonchev–Trinajstić information content (AvgIpc) is 3.13. The number of imidazole rings is 1. The van der Waals surface area contributed by atoms with Gasteiger partial charge in [-0.2, -0.15) is 0 Å². The molecule has 146 valence electrons. The van der Waals surface area contributed by atoms with Gasteiger partial charge in [0.25, 0.3) is 5.91 Å². The molecule has 2 aromatic heterocycles. The number of benzene rings is 1. The minimum Gasteiger partial charge on any atom is -0.364 e. The predicted octanol–water partition coefficient (Wildman–Crippen LogP) is 3.12. The highest BCUT2D eigenvalue weighted by atomic mass is 35.5. The monoisotopic (exact) mass is 418 g/mol. The van der Waals surface area contributed by atoms with Crippen LogP contribution in [0.1, 0.15) is 30.3 Å². The van der Waals surface area contributed by atoms with Gasteiger partial charge in [0.15, 0.2) is 0 Å². The van der Waals surface area contributed by atoms with Crippen molar-refractivity contribution in [2.75, 3.05) is 18.0 Å². The largest absolute Gasteiger partial charge is 0.364 e. The van der Waals surface area contributed by atoms with E-state index >= 15 is 0 Å². The quantitative estimate of drug-likeness (QED) is 0.679. The summed E-state index contributed by atoms with van der Waals surface area (Å²) in [5.74, 6) is -0.0443. The highest BCUT2D eigenvalue weighted by Crippen LogP contribution is 2.38. The molecular formula is C19H20Cl2N6O. The SMILES string of the molecule is CC1(N)CCN(c2nc(C(N)=O)c(-c3cccc(Cl)c3Cl)c3nccn23)CC1. The molecule has 1 amide bonds. The van der Waals surface area contributed by atoms with Crippen LogP contribution < -0.4 is 16.4 Å². The van der Waals surface area contributed by atoms with Crippen LogP contribution in [0.15, 0.2) is 30.6 Å². The number of anilines is 1. The summed E-state index contributed by atoms with van der Waals surface area (Å²) in [6.07, 6.45) is 5.10. The Labute approximate surface area is 172 Å². The molecule has 7 nitrogen and oxygen atoms in total. The van der Waals surface area contributed by atoms with Crippen molar-refractivity contribution in [1.82, 2.24) is 14.4 Å². The zero-order valence-electron chi connectivity index (χ0n) is 15.3. The van der Waals surface area contributed by atoms with Crippen LogP contribution in [0.3, 0.4) is 0 Å². The average molecular weight is 419 g/mol. The summed E-state index contributed by atoms with van der Waals surface area (Å²) in [5, 5.41) is 0.699. The standard InChI is InChI=1S/C19H20Cl2N6O/c1-19(23)5-8-26(9-6-19)18-25-15(16(22)28)13(17-24-7-10-27(17)18)11-3-2-4-12(20)14(11)21/h2-4,7,10H,5-6,8-9,23H2,1H3,(H2,22,28). The highest BCUT2D eigenvalue weighted by Gasteiger charge is 2.30. The topological polar surface area (TPSA) is 103 Å². The van der Waals surface area contributed by atoms with E-state index in [2.05, 4.69) is 14.9 Å². The number of hydrogen-bond donors (Lipinski definition) is 2. The van der Waals surface area contributed by atoms with Crippen molar-refractivity contribution in [3.05, 3.63) is 46.3 Å². The first kappa shape index (κ1) is 19.0. The molecule has 28 heavy (non-hydrogen) atoms. The van der Waals surface area contributed by atoms with Gasteiger partial charge in [0.1, 0.15) is 11.3 Å². The van der Waals surface area contributed by atoms with E-state index in [0.29, 0.717) is 32.8 Å². The number of carbonyl (C=O) groups excluding carboxylic acids is 1. The van der Waals surface area contributed by atoms with Crippen LogP contribution in [0, 0.1) is 0 Å². The molecule has 9 heteroatoms. The Kier molecular flexibility index (Phi) is 4.69. The molecule has 4 rings (SSSR count). The van der Waals surface area contributed by atoms with Crippen molar-refractivity contribution >= 4 is 40.7 Å². The molecule has 0 aliphatic carbocycles. The lowest BCUT2D eigenvalue weighted by Crippen LogP contribution is -2.49. The third-order valence-corrected chi connectivity index (χ3v) is 5.99. The molecule has 3 aromatic rings. The summed E-state index contributed by atoms with van der Waals surface area (Å²) in [7, 11) is 0. The fourth-order valence-electron chi connectivity index (χ4n) is 3.53. The number of nitrogens with zero attached hydrogens (tertiary/aromatic N) is 4. The first-order chi connectivity index (χ1) is 13.3. The third-order valence-electron chi connectivity index (χ3n) is 5.17. The predicted molar refractivity (Wildman–Crippen MR) is 111 cm³/mol. The smallest absolute Gasteiger partial charge is 0.268 e. The van der Waals surface area contributed by atoms with Crippen LogP contribution in [-0.2, 0) is 0 Å². The Morgan fingerprint density at radius 3 is 2.64 bits per heavy atom. The summed E-state index contributed by atoms with van der Waals surface area (Å²) in [6, 6.07) is 5.21. The van der Waals surface area contributed by atoms with Gasteiger partial charge in [-0.3, -0.25) is 9.20 Å². The Balaban J connectivity index is 1.94. The lowest BCUT2D eigenvalue weighted by molar-refractivity contribution is 0.0996. The summed E-state index contributed by atoms with van der Waals surface area (Å²) in [4.78, 5) is 23.5. The highest BCUT2D eigenvalue weighted by molar-refractivity contribution is 6.44. The van der Waals surface area contributed by atoms with Gasteiger partial charge < -0.3 is 16.4 Å². The second-order valence-electron chi connectivity index (χ2n) is 7.36. The molecule has 0 spiro atoms. The maximum absolute atomic E-state index is 12.3. The molecule has 0 unspecified atom stereocenters. The number of rotatable bonds is 3. The van der Waals surface area contributed by atoms with Crippen LogP contribution in [-0.4, -0.2) is 38.9 Å². The number of aromatic nitrogens is 3. The Morgan fingerprint density at radius 1 is 1.25 bits per heavy atom. The van der Waals surface area contributed by atoms with Gasteiger partial charge in [-0.15, -0.1) is 0 Å². The number of nitrogens with two attached hydrogens (primary N) is 2. The van der Waals surface area contributed by atoms with E-state index in [-0.39, 0.29) is 11.2 Å². The molecule has 0 bridgehead atoms. The van der Waals surface area contributed by atoms with Crippen LogP contribution in [0.2, 0.25) is 10.0 Å². The van der Waals surface area contributed by atoms with Crippen molar-refractivity contribution < 1.29 is 4.79 Å². The summed E-state index contributed by atoms with van der Waals surface area (Å²) in [5.41, 5.74) is 13.4. The van der Waals surface area contributed by atoms with Crippen molar-refractivity contribution in [2.24, 2.45) is 11.5 Å². The van der Waals surface area contributed by atoms with E-state index in [1.54, 1.807) is 30.6 Å². The van der Waals surface area contributed by atoms with Crippen molar-refractivity contribution in [3.8, 4) is 11.1 Å². The fraction of sp³-hybridized carbons (Fsp3) is 0.316. The van der Waals surface area contributed by atoms with Gasteiger partial charge in [-0.1, -0.05) is 35.3 Å². The second kappa shape index (κ2) is 6.92. The van der Waals surface area contributed by atoms with Crippen molar-refractivity contribution in [1.29, 1.82) is 0 Å². The maximum atomic E-state index is 12.3. The fourth-order valence-corrected chi connectivity index (χ4v) is 3.92. The summed E-state index contributed by atoms with van der Waals surface area (Å²) in [6.45, 7) is 3.50. The van der Waals surface area contributed by atoms with Crippen LogP contribution in [0.4, 0.5) is 5.95 Å². The number of piperidine rings is 1.